The van der Waals surface area contributed by atoms with Gasteiger partial charge in [0.25, 0.3) is 23.6 Å². The van der Waals surface area contributed by atoms with E-state index in [9.17, 15) is 0 Å². The van der Waals surface area contributed by atoms with Gasteiger partial charge in [0.2, 0.25) is 0 Å². The van der Waals surface area contributed by atoms with E-state index in [1.807, 2.05) is 188 Å². The van der Waals surface area contributed by atoms with Crippen molar-refractivity contribution in [2.24, 2.45) is 23.7 Å². The average Bonchev–Trinajstić information content (AvgIpc) is 1.56. The number of carbonyl (C=O) groups is 4. The Kier molecular flexibility index (Phi) is 25.4. The molecular formula is C100H98N8O4S4. The lowest BCUT2D eigenvalue weighted by molar-refractivity contribution is -0.124. The van der Waals surface area contributed by atoms with Crippen LogP contribution in [0, 0.1) is 71.0 Å². The van der Waals surface area contributed by atoms with E-state index in [1.54, 1.807) is 22.7 Å². The minimum Gasteiger partial charge on any atom is -0.353 e. The van der Waals surface area contributed by atoms with Crippen molar-refractivity contribution < 1.29 is 19.2 Å². The van der Waals surface area contributed by atoms with Crippen molar-refractivity contribution in [3.8, 4) is 47.4 Å². The number of aromatic nitrogens is 4. The topological polar surface area (TPSA) is 139 Å². The van der Waals surface area contributed by atoms with Crippen LogP contribution >= 0.6 is 45.3 Å². The number of carbonyl (C=O) groups excluding carboxylic acids is 4. The predicted octanol–water partition coefficient (Wildman–Crippen LogP) is 23.0. The van der Waals surface area contributed by atoms with Crippen LogP contribution in [0.5, 0.6) is 0 Å². The molecule has 0 saturated heterocycles. The number of benzene rings is 2. The summed E-state index contributed by atoms with van der Waals surface area (Å²) in [4.78, 5) is 93.2. The number of hydrogen-bond acceptors (Lipinski definition) is 10. The average molecular weight is 1600 g/mol. The fourth-order valence-electron chi connectivity index (χ4n) is 16.4. The third kappa shape index (κ3) is 16.7. The molecule has 12 nitrogen and oxygen atoms in total. The second-order valence-electron chi connectivity index (χ2n) is 30.7. The summed E-state index contributed by atoms with van der Waals surface area (Å²) in [5, 5.41) is 4.06. The summed E-state index contributed by atoms with van der Waals surface area (Å²) in [6.07, 6.45) is 24.2. The molecule has 586 valence electrons. The van der Waals surface area contributed by atoms with Crippen LogP contribution in [0.2, 0.25) is 0 Å². The Morgan fingerprint density at radius 1 is 0.328 bits per heavy atom. The van der Waals surface area contributed by atoms with Gasteiger partial charge in [0, 0.05) is 37.3 Å². The molecule has 0 spiro atoms. The summed E-state index contributed by atoms with van der Waals surface area (Å²) in [6.45, 7) is 19.8. The number of unbranched alkanes of at least 4 members (excludes halogenated alkanes) is 4. The van der Waals surface area contributed by atoms with Crippen LogP contribution in [0.3, 0.4) is 0 Å². The summed E-state index contributed by atoms with van der Waals surface area (Å²) in [5.41, 5.74) is 14.4. The molecule has 4 unspecified atom stereocenters. The van der Waals surface area contributed by atoms with Gasteiger partial charge in [0.15, 0.2) is 0 Å². The summed E-state index contributed by atoms with van der Waals surface area (Å²) in [5.74, 6) is 29.1. The van der Waals surface area contributed by atoms with Crippen LogP contribution < -0.4 is 0 Å². The van der Waals surface area contributed by atoms with Crippen molar-refractivity contribution in [1.29, 1.82) is 0 Å². The van der Waals surface area contributed by atoms with Gasteiger partial charge in [-0.15, -0.1) is 45.3 Å². The minimum absolute atomic E-state index is 0.110. The molecule has 16 heteroatoms. The smallest absolute Gasteiger partial charge is 0.261 e. The Hall–Kier alpha value is -11.1. The standard InChI is InChI=1S/C100H98N8O4S4/c1-9-17-29-65(13-5)61-105-93(85-37-27-59-113-85)89-91(99(105)111)95(107(97(89)109)63-67(15-7)31-19-11-3)87-57-43-71(115-87)41-47-75-81-53-49-77(101-81)73(45-39-69-33-23-21-24-34-69)79-51-55-83(103-79)76(84-56-52-80(104-84)74(78-50-54-82(75)102-78)46-40-70-35-25-22-26-36-70)48-42-72-44-58-88(116-72)96-92-90(98(110)108(96)64-68(16-8)32-20-12-4)94(86-38-28-60-114-86)106(100(92)112)62-66(14-6)30-18-10-2/h21-28,33-38,43-44,49-60,65-68,101,104H,9-20,29-32,61-64H2,1-8H3. The number of H-pyrrole nitrogens is 2. The first-order valence-corrected chi connectivity index (χ1v) is 45.1. The van der Waals surface area contributed by atoms with Crippen LogP contribution in [0.4, 0.5) is 0 Å². The fraction of sp³-hybridized carbons (Fsp3) is 0.320. The molecule has 4 atom stereocenters. The van der Waals surface area contributed by atoms with Gasteiger partial charge in [-0.1, -0.05) is 228 Å². The van der Waals surface area contributed by atoms with Gasteiger partial charge in [-0.05, 0) is 169 Å². The first-order chi connectivity index (χ1) is 56.8. The normalized spacial score (nSPS) is 15.3. The minimum atomic E-state index is -0.110. The van der Waals surface area contributed by atoms with E-state index in [0.717, 1.165) is 155 Å². The lowest BCUT2D eigenvalue weighted by Gasteiger charge is -2.29. The molecule has 6 aliphatic rings. The van der Waals surface area contributed by atoms with Crippen molar-refractivity contribution in [2.45, 2.75) is 158 Å². The zero-order valence-electron chi connectivity index (χ0n) is 67.6. The molecule has 116 heavy (non-hydrogen) atoms. The lowest BCUT2D eigenvalue weighted by atomic mass is 9.98. The summed E-state index contributed by atoms with van der Waals surface area (Å²) < 4.78 is 0. The second-order valence-corrected chi connectivity index (χ2v) is 34.8. The fourth-order valence-corrected chi connectivity index (χ4v) is 19.8. The van der Waals surface area contributed by atoms with Gasteiger partial charge in [-0.3, -0.25) is 19.2 Å². The van der Waals surface area contributed by atoms with Gasteiger partial charge in [-0.2, -0.15) is 0 Å². The Labute approximate surface area is 699 Å². The zero-order valence-corrected chi connectivity index (χ0v) is 70.8. The molecule has 0 fully saturated rings. The van der Waals surface area contributed by atoms with E-state index < -0.39 is 0 Å². The maximum atomic E-state index is 15.5. The van der Waals surface area contributed by atoms with E-state index in [1.165, 1.54) is 22.7 Å². The van der Waals surface area contributed by atoms with Crippen molar-refractivity contribution in [2.75, 3.05) is 26.2 Å². The Balaban J connectivity index is 0.882. The quantitative estimate of drug-likeness (QED) is 0.0468. The maximum absolute atomic E-state index is 15.5. The van der Waals surface area contributed by atoms with Crippen LogP contribution in [-0.2, 0) is 19.2 Å². The number of thiophene rings is 4. The molecule has 2 N–H and O–H groups in total. The van der Waals surface area contributed by atoms with Gasteiger partial charge in [-0.25, -0.2) is 9.97 Å². The molecule has 2 aromatic carbocycles. The summed E-state index contributed by atoms with van der Waals surface area (Å²) in [7, 11) is 0. The van der Waals surface area contributed by atoms with Crippen LogP contribution in [-0.4, -0.2) is 89.3 Å². The van der Waals surface area contributed by atoms with Crippen molar-refractivity contribution in [1.82, 2.24) is 39.5 Å². The highest BCUT2D eigenvalue weighted by molar-refractivity contribution is 7.14. The van der Waals surface area contributed by atoms with E-state index in [-0.39, 0.29) is 47.3 Å². The zero-order chi connectivity index (χ0) is 80.3. The molecule has 8 bridgehead atoms. The number of nitrogens with one attached hydrogen (secondary N) is 2. The number of aromatic amines is 2. The van der Waals surface area contributed by atoms with Crippen molar-refractivity contribution in [3.05, 3.63) is 252 Å². The molecule has 0 radical (unpaired) electrons. The SMILES string of the molecule is CCCCC(CC)CN1C(=O)C2=C(c3ccc(C#Cc4c5nc(c(C#Cc6ccccc6)c6ccc([nH]6)c(C#Cc6ccc(C7=C8C(=O)N(CC(CC)CCCC)C(c9cccs9)=C8C(=O)N7CC(CC)CCCC)s6)c6nc(c(C#Cc7ccccc7)c7ccc4[nH]7)C=C6)C=C5)s3)N(CC(CC)CCCC)C(=O)C2=C1c1cccs1. The van der Waals surface area contributed by atoms with E-state index >= 15 is 19.2 Å². The van der Waals surface area contributed by atoms with Gasteiger partial charge in [0.05, 0.1) is 141 Å². The first-order valence-electron chi connectivity index (χ1n) is 41.7. The summed E-state index contributed by atoms with van der Waals surface area (Å²) >= 11 is 6.14. The number of rotatable bonds is 28. The molecular weight excluding hydrogens is 1510 g/mol. The van der Waals surface area contributed by atoms with Crippen LogP contribution in [0.1, 0.15) is 244 Å². The third-order valence-corrected chi connectivity index (χ3v) is 26.8. The van der Waals surface area contributed by atoms with Crippen LogP contribution in [0.25, 0.3) is 69.2 Å². The number of nitrogens with zero attached hydrogens (tertiary/aromatic N) is 6. The lowest BCUT2D eigenvalue weighted by Crippen LogP contribution is -2.34. The number of hydrogen-bond donors (Lipinski definition) is 2. The van der Waals surface area contributed by atoms with Gasteiger partial charge in [0.1, 0.15) is 0 Å². The molecule has 6 aliphatic heterocycles. The predicted molar refractivity (Wildman–Crippen MR) is 481 cm³/mol. The molecule has 4 amide bonds. The largest absolute Gasteiger partial charge is 0.353 e. The monoisotopic (exact) mass is 1600 g/mol. The van der Waals surface area contributed by atoms with E-state index in [0.29, 0.717) is 127 Å². The highest BCUT2D eigenvalue weighted by Gasteiger charge is 2.52. The molecule has 13 heterocycles. The number of amides is 4. The van der Waals surface area contributed by atoms with Gasteiger partial charge < -0.3 is 29.6 Å². The molecule has 0 saturated carbocycles. The van der Waals surface area contributed by atoms with E-state index in [2.05, 4.69) is 113 Å². The molecule has 7 aromatic heterocycles. The van der Waals surface area contributed by atoms with Crippen LogP contribution in [0.15, 0.2) is 167 Å². The third-order valence-electron chi connectivity index (χ3n) is 23.1. The molecule has 15 rings (SSSR count). The summed E-state index contributed by atoms with van der Waals surface area (Å²) in [6, 6.07) is 44.2. The highest BCUT2D eigenvalue weighted by Crippen LogP contribution is 2.52. The Bertz CT molecular complexity index is 5540. The Morgan fingerprint density at radius 2 is 0.621 bits per heavy atom. The van der Waals surface area contributed by atoms with Gasteiger partial charge >= 0.3 is 0 Å². The number of fused-ring (bicyclic) bond motifs is 10. The van der Waals surface area contributed by atoms with Crippen molar-refractivity contribution >= 4 is 138 Å². The van der Waals surface area contributed by atoms with Crippen molar-refractivity contribution in [3.63, 3.8) is 0 Å². The maximum Gasteiger partial charge on any atom is 0.261 e. The van der Waals surface area contributed by atoms with E-state index in [4.69, 9.17) is 9.97 Å². The molecule has 0 aliphatic carbocycles. The molecule has 9 aromatic rings. The Morgan fingerprint density at radius 3 is 0.897 bits per heavy atom. The highest BCUT2D eigenvalue weighted by atomic mass is 32.1. The second kappa shape index (κ2) is 36.8. The first kappa shape index (κ1) is 80.1.